The largest absolute Gasteiger partial charge is 0.545 e. The molecular weight excluding hydrogens is 230 g/mol. The minimum atomic E-state index is -1.21. The van der Waals surface area contributed by atoms with Crippen LogP contribution in [0.5, 0.6) is 0 Å². The summed E-state index contributed by atoms with van der Waals surface area (Å²) in [6.45, 7) is 2.30. The van der Waals surface area contributed by atoms with E-state index in [0.717, 1.165) is 42.3 Å². The highest BCUT2D eigenvalue weighted by atomic mass is 16.4. The topological polar surface area (TPSA) is 60.4 Å². The van der Waals surface area contributed by atoms with Crippen LogP contribution in [0.2, 0.25) is 0 Å². The third-order valence-corrected chi connectivity index (χ3v) is 3.01. The highest BCUT2D eigenvalue weighted by Gasteiger charge is 2.19. The average Bonchev–Trinajstić information content (AvgIpc) is 2.35. The number of rotatable bonds is 2. The van der Waals surface area contributed by atoms with E-state index in [1.807, 2.05) is 12.1 Å². The maximum Gasteiger partial charge on any atom is 0.223 e. The molecule has 0 radical (unpaired) electrons. The molecule has 18 heavy (non-hydrogen) atoms. The minimum absolute atomic E-state index is 0.0361. The zero-order valence-corrected chi connectivity index (χ0v) is 10.2. The standard InChI is InChI=1S/C14H15NO3/c1-10(16)15-8-2-3-12-9-11(4-6-13(12)15)5-7-14(17)18/h4-7,9H,2-3,8H2,1H3,(H,17,18)/p-1/b7-5+. The van der Waals surface area contributed by atoms with E-state index in [1.54, 1.807) is 17.9 Å². The van der Waals surface area contributed by atoms with Gasteiger partial charge in [-0.2, -0.15) is 0 Å². The van der Waals surface area contributed by atoms with Crippen molar-refractivity contribution in [2.24, 2.45) is 0 Å². The Kier molecular flexibility index (Phi) is 3.46. The van der Waals surface area contributed by atoms with Gasteiger partial charge >= 0.3 is 0 Å². The highest BCUT2D eigenvalue weighted by Crippen LogP contribution is 2.28. The molecule has 0 bridgehead atoms. The molecule has 1 aliphatic rings. The summed E-state index contributed by atoms with van der Waals surface area (Å²) in [7, 11) is 0. The van der Waals surface area contributed by atoms with Crippen LogP contribution in [-0.2, 0) is 16.0 Å². The second-order valence-electron chi connectivity index (χ2n) is 4.31. The van der Waals surface area contributed by atoms with Gasteiger partial charge in [-0.05, 0) is 42.2 Å². The van der Waals surface area contributed by atoms with Crippen LogP contribution in [0.15, 0.2) is 24.3 Å². The summed E-state index contributed by atoms with van der Waals surface area (Å²) in [4.78, 5) is 23.6. The summed E-state index contributed by atoms with van der Waals surface area (Å²) in [5.41, 5.74) is 2.82. The van der Waals surface area contributed by atoms with Crippen molar-refractivity contribution in [1.29, 1.82) is 0 Å². The van der Waals surface area contributed by atoms with Gasteiger partial charge in [0.1, 0.15) is 0 Å². The number of carbonyl (C=O) groups excluding carboxylic acids is 2. The van der Waals surface area contributed by atoms with E-state index in [-0.39, 0.29) is 5.91 Å². The molecule has 4 nitrogen and oxygen atoms in total. The molecule has 0 unspecified atom stereocenters. The summed E-state index contributed by atoms with van der Waals surface area (Å²) < 4.78 is 0. The van der Waals surface area contributed by atoms with Gasteiger partial charge in [0, 0.05) is 19.2 Å². The van der Waals surface area contributed by atoms with Crippen LogP contribution in [0.3, 0.4) is 0 Å². The third-order valence-electron chi connectivity index (χ3n) is 3.01. The first-order chi connectivity index (χ1) is 8.58. The van der Waals surface area contributed by atoms with E-state index in [1.165, 1.54) is 6.08 Å². The lowest BCUT2D eigenvalue weighted by molar-refractivity contribution is -0.297. The number of aliphatic carboxylic acids is 1. The fourth-order valence-electron chi connectivity index (χ4n) is 2.21. The fraction of sp³-hybridized carbons (Fsp3) is 0.286. The Hall–Kier alpha value is -2.10. The number of carboxylic acids is 1. The van der Waals surface area contributed by atoms with Crippen LogP contribution >= 0.6 is 0 Å². The maximum atomic E-state index is 11.5. The van der Waals surface area contributed by atoms with Crippen molar-refractivity contribution in [1.82, 2.24) is 0 Å². The lowest BCUT2D eigenvalue weighted by Crippen LogP contribution is -2.33. The van der Waals surface area contributed by atoms with Gasteiger partial charge < -0.3 is 14.8 Å². The second kappa shape index (κ2) is 5.04. The molecular formula is C14H14NO3-. The second-order valence-corrected chi connectivity index (χ2v) is 4.31. The van der Waals surface area contributed by atoms with Gasteiger partial charge in [0.25, 0.3) is 0 Å². The van der Waals surface area contributed by atoms with Gasteiger partial charge in [-0.3, -0.25) is 4.79 Å². The number of hydrogen-bond donors (Lipinski definition) is 0. The molecule has 1 aromatic rings. The smallest absolute Gasteiger partial charge is 0.223 e. The SMILES string of the molecule is CC(=O)N1CCCc2cc(/C=C/C(=O)[O-])ccc21. The van der Waals surface area contributed by atoms with Gasteiger partial charge in [0.15, 0.2) is 0 Å². The molecule has 0 spiro atoms. The first-order valence-corrected chi connectivity index (χ1v) is 5.88. The van der Waals surface area contributed by atoms with Crippen molar-refractivity contribution < 1.29 is 14.7 Å². The van der Waals surface area contributed by atoms with Gasteiger partial charge in [0.2, 0.25) is 5.91 Å². The molecule has 1 aliphatic heterocycles. The fourth-order valence-corrected chi connectivity index (χ4v) is 2.21. The molecule has 0 aliphatic carbocycles. The Bertz CT molecular complexity index is 520. The number of aryl methyl sites for hydroxylation is 1. The van der Waals surface area contributed by atoms with Crippen LogP contribution in [0.25, 0.3) is 6.08 Å². The van der Waals surface area contributed by atoms with E-state index in [9.17, 15) is 14.7 Å². The predicted octanol–water partition coefficient (Wildman–Crippen LogP) is 0.749. The number of carbonyl (C=O) groups is 2. The molecule has 0 atom stereocenters. The average molecular weight is 244 g/mol. The van der Waals surface area contributed by atoms with Crippen LogP contribution in [0.1, 0.15) is 24.5 Å². The molecule has 4 heteroatoms. The number of nitrogens with zero attached hydrogens (tertiary/aromatic N) is 1. The number of hydrogen-bond acceptors (Lipinski definition) is 3. The third kappa shape index (κ3) is 2.59. The van der Waals surface area contributed by atoms with Gasteiger partial charge in [-0.25, -0.2) is 0 Å². The Morgan fingerprint density at radius 1 is 1.39 bits per heavy atom. The van der Waals surface area contributed by atoms with Crippen molar-refractivity contribution in [2.75, 3.05) is 11.4 Å². The summed E-state index contributed by atoms with van der Waals surface area (Å²) >= 11 is 0. The number of amides is 1. The molecule has 1 aromatic carbocycles. The predicted molar refractivity (Wildman–Crippen MR) is 66.8 cm³/mol. The van der Waals surface area contributed by atoms with E-state index in [0.29, 0.717) is 0 Å². The van der Waals surface area contributed by atoms with Crippen molar-refractivity contribution >= 4 is 23.6 Å². The van der Waals surface area contributed by atoms with Crippen LogP contribution in [0, 0.1) is 0 Å². The first kappa shape index (κ1) is 12.4. The van der Waals surface area contributed by atoms with Crippen molar-refractivity contribution in [3.05, 3.63) is 35.4 Å². The lowest BCUT2D eigenvalue weighted by Gasteiger charge is -2.28. The minimum Gasteiger partial charge on any atom is -0.545 e. The maximum absolute atomic E-state index is 11.5. The lowest BCUT2D eigenvalue weighted by atomic mass is 9.99. The summed E-state index contributed by atoms with van der Waals surface area (Å²) in [6, 6.07) is 5.59. The summed E-state index contributed by atoms with van der Waals surface area (Å²) in [5, 5.41) is 10.4. The van der Waals surface area contributed by atoms with E-state index in [4.69, 9.17) is 0 Å². The normalized spacial score (nSPS) is 14.6. The molecule has 2 rings (SSSR count). The molecule has 0 saturated carbocycles. The summed E-state index contributed by atoms with van der Waals surface area (Å²) in [5.74, 6) is -1.17. The molecule has 0 fully saturated rings. The molecule has 0 N–H and O–H groups in total. The zero-order chi connectivity index (χ0) is 13.1. The number of anilines is 1. The quantitative estimate of drug-likeness (QED) is 0.721. The molecule has 1 heterocycles. The molecule has 1 amide bonds. The van der Waals surface area contributed by atoms with Crippen LogP contribution in [-0.4, -0.2) is 18.4 Å². The van der Waals surface area contributed by atoms with Gasteiger partial charge in [0.05, 0.1) is 5.97 Å². The van der Waals surface area contributed by atoms with Crippen molar-refractivity contribution in [3.8, 4) is 0 Å². The zero-order valence-electron chi connectivity index (χ0n) is 10.2. The number of carboxylic acid groups (broad SMARTS) is 1. The van der Waals surface area contributed by atoms with E-state index in [2.05, 4.69) is 0 Å². The van der Waals surface area contributed by atoms with Crippen molar-refractivity contribution in [2.45, 2.75) is 19.8 Å². The Balaban J connectivity index is 2.32. The summed E-state index contributed by atoms with van der Waals surface area (Å²) in [6.07, 6.45) is 4.35. The molecule has 0 saturated heterocycles. The Morgan fingerprint density at radius 2 is 2.17 bits per heavy atom. The van der Waals surface area contributed by atoms with Crippen LogP contribution < -0.4 is 10.0 Å². The molecule has 94 valence electrons. The van der Waals surface area contributed by atoms with Crippen molar-refractivity contribution in [3.63, 3.8) is 0 Å². The molecule has 0 aromatic heterocycles. The number of benzene rings is 1. The van der Waals surface area contributed by atoms with Gasteiger partial charge in [-0.15, -0.1) is 0 Å². The first-order valence-electron chi connectivity index (χ1n) is 5.88. The number of fused-ring (bicyclic) bond motifs is 1. The van der Waals surface area contributed by atoms with E-state index < -0.39 is 5.97 Å². The highest BCUT2D eigenvalue weighted by molar-refractivity contribution is 5.93. The Labute approximate surface area is 106 Å². The Morgan fingerprint density at radius 3 is 2.83 bits per heavy atom. The van der Waals surface area contributed by atoms with E-state index >= 15 is 0 Å². The van der Waals surface area contributed by atoms with Crippen LogP contribution in [0.4, 0.5) is 5.69 Å². The van der Waals surface area contributed by atoms with Gasteiger partial charge in [-0.1, -0.05) is 12.1 Å². The monoisotopic (exact) mass is 244 g/mol.